The molecule has 0 aliphatic carbocycles. The monoisotopic (exact) mass is 849 g/mol. The molecule has 0 fully saturated rings. The number of benzene rings is 2. The second kappa shape index (κ2) is 22.0. The molecule has 0 bridgehead atoms. The molecule has 2 aromatic heterocycles. The molecule has 0 saturated carbocycles. The predicted molar refractivity (Wildman–Crippen MR) is 228 cm³/mol. The van der Waals surface area contributed by atoms with E-state index in [1.165, 1.54) is 10.7 Å². The molecule has 13 nitrogen and oxygen atoms in total. The van der Waals surface area contributed by atoms with Crippen molar-refractivity contribution in [3.63, 3.8) is 0 Å². The van der Waals surface area contributed by atoms with Crippen molar-refractivity contribution in [2.45, 2.75) is 92.3 Å². The minimum Gasteiger partial charge on any atom is -0.479 e. The SMILES string of the molecule is C#CCOc1cc(-n2nc3n(c2=O)CCCC3)c(Cl)cc1Cl.CCNc1nc(Cl)nc(NC(C)(C)C)n1.CCc1cccc(C)c1N(C(=O)CCl)C(C)COC. The zero-order valence-electron chi connectivity index (χ0n) is 33.2. The van der Waals surface area contributed by atoms with Gasteiger partial charge in [0, 0.05) is 38.2 Å². The van der Waals surface area contributed by atoms with Crippen LogP contribution < -0.4 is 26.0 Å². The highest BCUT2D eigenvalue weighted by Crippen LogP contribution is 2.33. The Bertz CT molecular complexity index is 2030. The molecule has 17 heteroatoms. The standard InChI is InChI=1S/C15H13Cl2N3O2.C15H22ClNO2.C9H16ClN5/c1-2-7-22-13-9-12(10(16)8-11(13)17)20-15(21)19-6-4-3-5-14(19)18-20;1-5-13-8-6-7-11(2)15(13)17(14(18)9-16)12(3)10-19-4;1-5-11-7-12-6(10)13-8(14-7)15-9(2,3)4/h1,8-9H,3-7H2;6-8,12H,5,9-10H2,1-4H3;5H2,1-4H3,(H2,11,12,13,14,15). The summed E-state index contributed by atoms with van der Waals surface area (Å²) in [4.78, 5) is 38.6. The van der Waals surface area contributed by atoms with E-state index < -0.39 is 0 Å². The molecule has 1 amide bonds. The van der Waals surface area contributed by atoms with Crippen molar-refractivity contribution in [1.82, 2.24) is 29.3 Å². The first-order chi connectivity index (χ1) is 26.6. The van der Waals surface area contributed by atoms with Gasteiger partial charge in [0.15, 0.2) is 0 Å². The molecule has 1 aliphatic rings. The fourth-order valence-corrected chi connectivity index (χ4v) is 6.57. The number of hydrogen-bond donors (Lipinski definition) is 2. The molecule has 1 atom stereocenters. The van der Waals surface area contributed by atoms with Gasteiger partial charge < -0.3 is 25.0 Å². The van der Waals surface area contributed by atoms with Crippen LogP contribution in [-0.4, -0.2) is 79.5 Å². The molecule has 0 saturated heterocycles. The number of carbonyl (C=O) groups is 1. The number of aryl methyl sites for hydroxylation is 3. The average Bonchev–Trinajstić information content (AvgIpc) is 3.47. The summed E-state index contributed by atoms with van der Waals surface area (Å²) in [5.74, 6) is 4.37. The Kier molecular flexibility index (Phi) is 18.2. The van der Waals surface area contributed by atoms with Crippen molar-refractivity contribution in [3.8, 4) is 23.8 Å². The summed E-state index contributed by atoms with van der Waals surface area (Å²) in [6.07, 6.45) is 8.85. The number of anilines is 3. The van der Waals surface area contributed by atoms with Crippen molar-refractivity contribution < 1.29 is 14.3 Å². The normalized spacial score (nSPS) is 12.5. The van der Waals surface area contributed by atoms with Gasteiger partial charge in [0.05, 0.1) is 34.1 Å². The topological polar surface area (TPSA) is 141 Å². The van der Waals surface area contributed by atoms with Crippen molar-refractivity contribution in [2.75, 3.05) is 48.3 Å². The van der Waals surface area contributed by atoms with Crippen molar-refractivity contribution in [3.05, 3.63) is 73.1 Å². The summed E-state index contributed by atoms with van der Waals surface area (Å²) in [6, 6.07) is 9.15. The van der Waals surface area contributed by atoms with E-state index in [1.54, 1.807) is 22.6 Å². The largest absolute Gasteiger partial charge is 0.479 e. The van der Waals surface area contributed by atoms with Gasteiger partial charge >= 0.3 is 5.69 Å². The Morgan fingerprint density at radius 3 is 2.41 bits per heavy atom. The smallest absolute Gasteiger partial charge is 0.350 e. The van der Waals surface area contributed by atoms with Crippen molar-refractivity contribution >= 4 is 69.9 Å². The van der Waals surface area contributed by atoms with E-state index >= 15 is 0 Å². The second-order valence-corrected chi connectivity index (χ2v) is 15.2. The maximum absolute atomic E-state index is 12.5. The van der Waals surface area contributed by atoms with Gasteiger partial charge in [-0.3, -0.25) is 9.36 Å². The van der Waals surface area contributed by atoms with Crippen LogP contribution in [0.15, 0.2) is 35.1 Å². The molecule has 4 aromatic rings. The fraction of sp³-hybridized carbons (Fsp3) is 0.487. The first-order valence-corrected chi connectivity index (χ1v) is 19.9. The number of para-hydroxylation sites is 1. The highest BCUT2D eigenvalue weighted by atomic mass is 35.5. The predicted octanol–water partition coefficient (Wildman–Crippen LogP) is 8.02. The summed E-state index contributed by atoms with van der Waals surface area (Å²) in [5.41, 5.74) is 3.34. The lowest BCUT2D eigenvalue weighted by molar-refractivity contribution is -0.116. The number of fused-ring (bicyclic) bond motifs is 1. The summed E-state index contributed by atoms with van der Waals surface area (Å²) in [5, 5.41) is 11.3. The van der Waals surface area contributed by atoms with Gasteiger partial charge in [-0.2, -0.15) is 19.6 Å². The first kappa shape index (κ1) is 46.3. The van der Waals surface area contributed by atoms with E-state index in [-0.39, 0.29) is 40.9 Å². The number of halogens is 4. The summed E-state index contributed by atoms with van der Waals surface area (Å²) >= 11 is 23.8. The van der Waals surface area contributed by atoms with E-state index in [0.717, 1.165) is 54.9 Å². The van der Waals surface area contributed by atoms with Gasteiger partial charge in [-0.05, 0) is 89.6 Å². The van der Waals surface area contributed by atoms with E-state index in [4.69, 9.17) is 62.3 Å². The minimum atomic E-state index is -0.207. The van der Waals surface area contributed by atoms with E-state index in [0.29, 0.717) is 46.5 Å². The average molecular weight is 852 g/mol. The Hall–Kier alpha value is -4.06. The highest BCUT2D eigenvalue weighted by molar-refractivity contribution is 6.36. The maximum Gasteiger partial charge on any atom is 0.350 e. The number of nitrogens with zero attached hydrogens (tertiary/aromatic N) is 7. The number of amides is 1. The number of rotatable bonds is 12. The number of carbonyl (C=O) groups excluding carboxylic acids is 1. The van der Waals surface area contributed by atoms with Crippen LogP contribution in [0.1, 0.15) is 71.3 Å². The van der Waals surface area contributed by atoms with Gasteiger partial charge in [0.1, 0.15) is 24.1 Å². The van der Waals surface area contributed by atoms with Crippen LogP contribution in [0, 0.1) is 19.3 Å². The van der Waals surface area contributed by atoms with Gasteiger partial charge in [-0.1, -0.05) is 54.2 Å². The lowest BCUT2D eigenvalue weighted by atomic mass is 10.0. The molecule has 1 aliphatic heterocycles. The first-order valence-electron chi connectivity index (χ1n) is 18.2. The van der Waals surface area contributed by atoms with Crippen LogP contribution in [0.25, 0.3) is 5.69 Å². The van der Waals surface area contributed by atoms with Crippen LogP contribution in [0.5, 0.6) is 5.75 Å². The fourth-order valence-electron chi connectivity index (χ4n) is 5.77. The third-order valence-electron chi connectivity index (χ3n) is 8.12. The van der Waals surface area contributed by atoms with Crippen LogP contribution in [0.2, 0.25) is 15.3 Å². The summed E-state index contributed by atoms with van der Waals surface area (Å²) < 4.78 is 13.5. The lowest BCUT2D eigenvalue weighted by Crippen LogP contribution is -2.43. The van der Waals surface area contributed by atoms with Crippen molar-refractivity contribution in [1.29, 1.82) is 0 Å². The number of aromatic nitrogens is 6. The maximum atomic E-state index is 12.5. The van der Waals surface area contributed by atoms with Gasteiger partial charge in [-0.25, -0.2) is 4.79 Å². The highest BCUT2D eigenvalue weighted by Gasteiger charge is 2.25. The molecule has 304 valence electrons. The van der Waals surface area contributed by atoms with Crippen molar-refractivity contribution in [2.24, 2.45) is 0 Å². The molecule has 0 spiro atoms. The molecule has 2 N–H and O–H groups in total. The summed E-state index contributed by atoms with van der Waals surface area (Å²) in [7, 11) is 1.64. The molecule has 0 radical (unpaired) electrons. The van der Waals surface area contributed by atoms with E-state index in [9.17, 15) is 9.59 Å². The van der Waals surface area contributed by atoms with E-state index in [1.807, 2.05) is 53.7 Å². The Labute approximate surface area is 349 Å². The second-order valence-electron chi connectivity index (χ2n) is 13.7. The molecule has 1 unspecified atom stereocenters. The number of ether oxygens (including phenoxy) is 2. The van der Waals surface area contributed by atoms with E-state index in [2.05, 4.69) is 49.6 Å². The quantitative estimate of drug-likeness (QED) is 0.106. The van der Waals surface area contributed by atoms with Gasteiger partial charge in [0.2, 0.25) is 23.1 Å². The number of nitrogens with one attached hydrogen (secondary N) is 2. The third-order valence-corrected chi connectivity index (χ3v) is 9.11. The zero-order chi connectivity index (χ0) is 41.6. The van der Waals surface area contributed by atoms with Crippen LogP contribution in [0.3, 0.4) is 0 Å². The van der Waals surface area contributed by atoms with Crippen LogP contribution in [0.4, 0.5) is 17.6 Å². The lowest BCUT2D eigenvalue weighted by Gasteiger charge is -2.31. The molecule has 3 heterocycles. The Morgan fingerprint density at radius 2 is 1.80 bits per heavy atom. The molecule has 56 heavy (non-hydrogen) atoms. The van der Waals surface area contributed by atoms with Crippen LogP contribution >= 0.6 is 46.4 Å². The zero-order valence-corrected chi connectivity index (χ0v) is 36.2. The molecular formula is C39H51Cl4N9O4. The van der Waals surface area contributed by atoms with Crippen LogP contribution in [-0.2, 0) is 28.9 Å². The Morgan fingerprint density at radius 1 is 1.09 bits per heavy atom. The number of hydrogen-bond acceptors (Lipinski definition) is 10. The Balaban J connectivity index is 0.000000230. The number of methoxy groups -OCH3 is 1. The molecule has 2 aromatic carbocycles. The number of alkyl halides is 1. The van der Waals surface area contributed by atoms with Gasteiger partial charge in [-0.15, -0.1) is 23.1 Å². The van der Waals surface area contributed by atoms with Gasteiger partial charge in [0.25, 0.3) is 0 Å². The summed E-state index contributed by atoms with van der Waals surface area (Å²) in [6.45, 7) is 16.1. The third kappa shape index (κ3) is 13.0. The molecule has 5 rings (SSSR count). The number of terminal acetylenes is 1. The minimum absolute atomic E-state index is 0.0223. The molecular weight excluding hydrogens is 800 g/mol.